The molecule has 1 atom stereocenters. The van der Waals surface area contributed by atoms with Crippen molar-refractivity contribution in [2.24, 2.45) is 0 Å². The number of aryl methyl sites for hydroxylation is 2. The molecular weight excluding hydrogens is 368 g/mol. The third-order valence-electron chi connectivity index (χ3n) is 5.26. The lowest BCUT2D eigenvalue weighted by Gasteiger charge is -2.25. The lowest BCUT2D eigenvalue weighted by atomic mass is 9.99. The van der Waals surface area contributed by atoms with Crippen molar-refractivity contribution >= 4 is 23.1 Å². The Kier molecular flexibility index (Phi) is 4.54. The van der Waals surface area contributed by atoms with E-state index < -0.39 is 17.7 Å². The minimum Gasteiger partial charge on any atom is -0.507 e. The van der Waals surface area contributed by atoms with Crippen molar-refractivity contribution in [3.8, 4) is 0 Å². The molecule has 2 aromatic heterocycles. The van der Waals surface area contributed by atoms with Gasteiger partial charge in [-0.3, -0.25) is 19.5 Å². The number of carbonyl (C=O) groups is 2. The van der Waals surface area contributed by atoms with Crippen molar-refractivity contribution in [2.45, 2.75) is 26.8 Å². The maximum Gasteiger partial charge on any atom is 0.300 e. The number of Topliss-reactive ketones (excluding diaryl/α,β-unsaturated/α-hetero) is 1. The maximum absolute atomic E-state index is 13.1. The molecule has 1 saturated heterocycles. The molecule has 0 bridgehead atoms. The van der Waals surface area contributed by atoms with Crippen molar-refractivity contribution in [3.63, 3.8) is 0 Å². The van der Waals surface area contributed by atoms with E-state index in [0.29, 0.717) is 22.8 Å². The van der Waals surface area contributed by atoms with Crippen LogP contribution in [0.5, 0.6) is 0 Å². The highest BCUT2D eigenvalue weighted by Crippen LogP contribution is 2.43. The fourth-order valence-corrected chi connectivity index (χ4v) is 3.61. The SMILES string of the molecule is Cc1ccc(C2/C(=C(/O)c3ccncc3)C(=O)C(=O)N2c2cccc(C)c2C)o1. The third kappa shape index (κ3) is 3.02. The largest absolute Gasteiger partial charge is 0.507 e. The Morgan fingerprint density at radius 2 is 1.76 bits per heavy atom. The summed E-state index contributed by atoms with van der Waals surface area (Å²) >= 11 is 0. The number of ketones is 1. The highest BCUT2D eigenvalue weighted by molar-refractivity contribution is 6.51. The fourth-order valence-electron chi connectivity index (χ4n) is 3.61. The van der Waals surface area contributed by atoms with Crippen LogP contribution in [0.2, 0.25) is 0 Å². The number of amides is 1. The molecule has 0 radical (unpaired) electrons. The molecule has 0 aliphatic carbocycles. The van der Waals surface area contributed by atoms with Crippen LogP contribution in [-0.2, 0) is 9.59 Å². The zero-order valence-electron chi connectivity index (χ0n) is 16.3. The highest BCUT2D eigenvalue weighted by atomic mass is 16.3. The Morgan fingerprint density at radius 1 is 1.03 bits per heavy atom. The van der Waals surface area contributed by atoms with Gasteiger partial charge in [-0.25, -0.2) is 0 Å². The summed E-state index contributed by atoms with van der Waals surface area (Å²) in [5.74, 6) is -0.640. The van der Waals surface area contributed by atoms with Gasteiger partial charge in [0.05, 0.1) is 5.57 Å². The smallest absolute Gasteiger partial charge is 0.300 e. The first-order valence-corrected chi connectivity index (χ1v) is 9.24. The number of rotatable bonds is 3. The van der Waals surface area contributed by atoms with Gasteiger partial charge in [0.1, 0.15) is 23.3 Å². The monoisotopic (exact) mass is 388 g/mol. The first-order valence-electron chi connectivity index (χ1n) is 9.24. The predicted molar refractivity (Wildman–Crippen MR) is 108 cm³/mol. The van der Waals surface area contributed by atoms with E-state index in [9.17, 15) is 14.7 Å². The van der Waals surface area contributed by atoms with E-state index in [1.54, 1.807) is 37.3 Å². The van der Waals surface area contributed by atoms with Gasteiger partial charge in [0, 0.05) is 23.6 Å². The van der Waals surface area contributed by atoms with Gasteiger partial charge in [-0.15, -0.1) is 0 Å². The fraction of sp³-hybridized carbons (Fsp3) is 0.174. The zero-order valence-corrected chi connectivity index (χ0v) is 16.3. The number of aliphatic hydroxyl groups excluding tert-OH is 1. The van der Waals surface area contributed by atoms with Crippen LogP contribution >= 0.6 is 0 Å². The van der Waals surface area contributed by atoms with Gasteiger partial charge >= 0.3 is 0 Å². The summed E-state index contributed by atoms with van der Waals surface area (Å²) in [6.45, 7) is 5.63. The molecule has 29 heavy (non-hydrogen) atoms. The van der Waals surface area contributed by atoms with Crippen molar-refractivity contribution in [1.29, 1.82) is 0 Å². The summed E-state index contributed by atoms with van der Waals surface area (Å²) in [7, 11) is 0. The first-order chi connectivity index (χ1) is 13.9. The molecule has 3 heterocycles. The average Bonchev–Trinajstić information content (AvgIpc) is 3.26. The molecule has 1 unspecified atom stereocenters. The summed E-state index contributed by atoms with van der Waals surface area (Å²) in [4.78, 5) is 31.5. The number of furan rings is 1. The second kappa shape index (κ2) is 7.05. The molecule has 1 aliphatic rings. The Morgan fingerprint density at radius 3 is 2.41 bits per heavy atom. The molecule has 1 aliphatic heterocycles. The van der Waals surface area contributed by atoms with Gasteiger partial charge < -0.3 is 9.52 Å². The number of aromatic nitrogens is 1. The summed E-state index contributed by atoms with van der Waals surface area (Å²) in [5.41, 5.74) is 2.89. The molecule has 1 fully saturated rings. The number of pyridine rings is 1. The van der Waals surface area contributed by atoms with Crippen LogP contribution in [-0.4, -0.2) is 21.8 Å². The van der Waals surface area contributed by atoms with E-state index >= 15 is 0 Å². The molecule has 6 heteroatoms. The molecule has 4 rings (SSSR count). The van der Waals surface area contributed by atoms with Crippen LogP contribution in [0.15, 0.2) is 64.8 Å². The molecule has 1 amide bonds. The Hall–Kier alpha value is -3.67. The molecule has 3 aromatic rings. The molecule has 146 valence electrons. The van der Waals surface area contributed by atoms with E-state index in [-0.39, 0.29) is 11.3 Å². The third-order valence-corrected chi connectivity index (χ3v) is 5.26. The zero-order chi connectivity index (χ0) is 20.7. The van der Waals surface area contributed by atoms with Gasteiger partial charge in [0.2, 0.25) is 0 Å². The normalized spacial score (nSPS) is 18.4. The van der Waals surface area contributed by atoms with Crippen LogP contribution in [0, 0.1) is 20.8 Å². The van der Waals surface area contributed by atoms with E-state index in [1.807, 2.05) is 26.0 Å². The van der Waals surface area contributed by atoms with Crippen LogP contribution in [0.4, 0.5) is 5.69 Å². The minimum atomic E-state index is -0.864. The number of hydrogen-bond acceptors (Lipinski definition) is 5. The van der Waals surface area contributed by atoms with Crippen molar-refractivity contribution in [1.82, 2.24) is 4.98 Å². The van der Waals surface area contributed by atoms with Crippen molar-refractivity contribution in [2.75, 3.05) is 4.90 Å². The lowest BCUT2D eigenvalue weighted by Crippen LogP contribution is -2.30. The van der Waals surface area contributed by atoms with Crippen LogP contribution in [0.25, 0.3) is 5.76 Å². The molecule has 6 nitrogen and oxygen atoms in total. The molecule has 1 aromatic carbocycles. The van der Waals surface area contributed by atoms with Crippen LogP contribution in [0.3, 0.4) is 0 Å². The van der Waals surface area contributed by atoms with E-state index in [1.165, 1.54) is 17.3 Å². The summed E-state index contributed by atoms with van der Waals surface area (Å²) in [6.07, 6.45) is 3.03. The first kappa shape index (κ1) is 18.7. The number of aliphatic hydroxyl groups is 1. The Balaban J connectivity index is 1.98. The summed E-state index contributed by atoms with van der Waals surface area (Å²) in [5, 5.41) is 10.9. The van der Waals surface area contributed by atoms with Gasteiger partial charge in [-0.1, -0.05) is 12.1 Å². The van der Waals surface area contributed by atoms with Gasteiger partial charge in [-0.05, 0) is 62.2 Å². The van der Waals surface area contributed by atoms with Crippen molar-refractivity contribution < 1.29 is 19.1 Å². The highest BCUT2D eigenvalue weighted by Gasteiger charge is 2.48. The lowest BCUT2D eigenvalue weighted by molar-refractivity contribution is -0.132. The maximum atomic E-state index is 13.1. The minimum absolute atomic E-state index is 0.00328. The number of anilines is 1. The van der Waals surface area contributed by atoms with Crippen LogP contribution in [0.1, 0.15) is 34.3 Å². The molecule has 0 saturated carbocycles. The second-order valence-electron chi connectivity index (χ2n) is 7.07. The standard InChI is InChI=1S/C23H20N2O4/c1-13-5-4-6-17(15(13)3)25-20(18-8-7-14(2)29-18)19(22(27)23(25)28)21(26)16-9-11-24-12-10-16/h4-12,20,26H,1-3H3/b21-19-. The topological polar surface area (TPSA) is 83.6 Å². The summed E-state index contributed by atoms with van der Waals surface area (Å²) < 4.78 is 5.80. The predicted octanol–water partition coefficient (Wildman–Crippen LogP) is 4.23. The van der Waals surface area contributed by atoms with Gasteiger partial charge in [0.15, 0.2) is 0 Å². The average molecular weight is 388 g/mol. The number of nitrogens with zero attached hydrogens (tertiary/aromatic N) is 2. The molecule has 1 N–H and O–H groups in total. The Labute approximate surface area is 168 Å². The van der Waals surface area contributed by atoms with E-state index in [0.717, 1.165) is 11.1 Å². The number of benzene rings is 1. The quantitative estimate of drug-likeness (QED) is 0.412. The van der Waals surface area contributed by atoms with Crippen molar-refractivity contribution in [3.05, 3.63) is 88.6 Å². The van der Waals surface area contributed by atoms with E-state index in [4.69, 9.17) is 4.42 Å². The Bertz CT molecular complexity index is 1140. The van der Waals surface area contributed by atoms with Gasteiger partial charge in [-0.2, -0.15) is 0 Å². The second-order valence-corrected chi connectivity index (χ2v) is 7.07. The van der Waals surface area contributed by atoms with Gasteiger partial charge in [0.25, 0.3) is 11.7 Å². The van der Waals surface area contributed by atoms with E-state index in [2.05, 4.69) is 4.98 Å². The van der Waals surface area contributed by atoms with Crippen LogP contribution < -0.4 is 4.90 Å². The molecule has 0 spiro atoms. The number of carbonyl (C=O) groups excluding carboxylic acids is 2. The number of hydrogen-bond donors (Lipinski definition) is 1. The molecular formula is C23H20N2O4. The summed E-state index contributed by atoms with van der Waals surface area (Å²) in [6, 6.07) is 11.4.